The fourth-order valence-corrected chi connectivity index (χ4v) is 4.43. The Morgan fingerprint density at radius 2 is 2.20 bits per heavy atom. The molecule has 2 heterocycles. The van der Waals surface area contributed by atoms with Gasteiger partial charge in [0.05, 0.1) is 5.69 Å². The van der Waals surface area contributed by atoms with Gasteiger partial charge in [0.25, 0.3) is 10.0 Å². The lowest BCUT2D eigenvalue weighted by molar-refractivity contribution is 0.397. The largest absolute Gasteiger partial charge is 0.396 e. The summed E-state index contributed by atoms with van der Waals surface area (Å²) < 4.78 is 27.0. The Morgan fingerprint density at radius 3 is 2.80 bits per heavy atom. The molecular formula is C13H15N3O2S2. The van der Waals surface area contributed by atoms with Crippen LogP contribution in [0.15, 0.2) is 40.2 Å². The number of rotatable bonds is 5. The highest BCUT2D eigenvalue weighted by Crippen LogP contribution is 2.34. The molecule has 0 radical (unpaired) electrons. The highest BCUT2D eigenvalue weighted by Gasteiger charge is 2.39. The van der Waals surface area contributed by atoms with Crippen molar-refractivity contribution in [3.05, 3.63) is 40.7 Å². The van der Waals surface area contributed by atoms with Crippen LogP contribution in [0.1, 0.15) is 18.4 Å². The van der Waals surface area contributed by atoms with Crippen molar-refractivity contribution in [1.29, 1.82) is 0 Å². The summed E-state index contributed by atoms with van der Waals surface area (Å²) in [6, 6.07) is 5.21. The molecule has 0 bridgehead atoms. The predicted octanol–water partition coefficient (Wildman–Crippen LogP) is 2.08. The van der Waals surface area contributed by atoms with Gasteiger partial charge in [-0.1, -0.05) is 0 Å². The van der Waals surface area contributed by atoms with E-state index in [0.717, 1.165) is 18.4 Å². The monoisotopic (exact) mass is 309 g/mol. The van der Waals surface area contributed by atoms with E-state index < -0.39 is 10.0 Å². The van der Waals surface area contributed by atoms with Gasteiger partial charge in [-0.05, 0) is 47.4 Å². The Labute approximate surface area is 122 Å². The maximum atomic E-state index is 12.7. The number of hydrogen-bond acceptors (Lipinski definition) is 5. The molecule has 1 aliphatic carbocycles. The lowest BCUT2D eigenvalue weighted by Gasteiger charge is -2.21. The Balaban J connectivity index is 1.96. The second-order valence-corrected chi connectivity index (χ2v) is 7.40. The van der Waals surface area contributed by atoms with Crippen molar-refractivity contribution in [2.75, 3.05) is 5.73 Å². The molecule has 2 aromatic heterocycles. The molecule has 1 fully saturated rings. The van der Waals surface area contributed by atoms with Gasteiger partial charge in [0.2, 0.25) is 0 Å². The molecule has 0 aromatic carbocycles. The second kappa shape index (κ2) is 5.16. The van der Waals surface area contributed by atoms with Crippen molar-refractivity contribution in [2.24, 2.45) is 0 Å². The Bertz CT molecular complexity index is 694. The molecular weight excluding hydrogens is 294 g/mol. The van der Waals surface area contributed by atoms with Crippen molar-refractivity contribution in [3.8, 4) is 0 Å². The minimum Gasteiger partial charge on any atom is -0.396 e. The maximum Gasteiger partial charge on any atom is 0.263 e. The number of nitrogens with zero attached hydrogens (tertiary/aromatic N) is 2. The zero-order valence-corrected chi connectivity index (χ0v) is 12.4. The highest BCUT2D eigenvalue weighted by atomic mass is 32.2. The van der Waals surface area contributed by atoms with Crippen LogP contribution in [-0.4, -0.2) is 23.7 Å². The Hall–Kier alpha value is -1.44. The van der Waals surface area contributed by atoms with Crippen molar-refractivity contribution < 1.29 is 8.42 Å². The number of thiophene rings is 1. The number of sulfonamides is 1. The van der Waals surface area contributed by atoms with Crippen molar-refractivity contribution in [3.63, 3.8) is 0 Å². The van der Waals surface area contributed by atoms with E-state index in [1.807, 2.05) is 16.8 Å². The molecule has 2 N–H and O–H groups in total. The molecule has 0 spiro atoms. The van der Waals surface area contributed by atoms with E-state index in [0.29, 0.717) is 6.54 Å². The SMILES string of the molecule is Nc1cccnc1S(=O)(=O)N(Cc1ccsc1)C1CC1. The first-order chi connectivity index (χ1) is 9.59. The van der Waals surface area contributed by atoms with Crippen molar-refractivity contribution in [1.82, 2.24) is 9.29 Å². The normalized spacial score (nSPS) is 15.7. The molecule has 106 valence electrons. The third kappa shape index (κ3) is 2.56. The summed E-state index contributed by atoms with van der Waals surface area (Å²) in [6.45, 7) is 0.381. The van der Waals surface area contributed by atoms with Crippen LogP contribution < -0.4 is 5.73 Å². The van der Waals surface area contributed by atoms with Gasteiger partial charge in [-0.2, -0.15) is 15.6 Å². The summed E-state index contributed by atoms with van der Waals surface area (Å²) in [5.41, 5.74) is 6.97. The number of pyridine rings is 1. The fraction of sp³-hybridized carbons (Fsp3) is 0.308. The van der Waals surface area contributed by atoms with Gasteiger partial charge in [-0.15, -0.1) is 0 Å². The molecule has 7 heteroatoms. The third-order valence-electron chi connectivity index (χ3n) is 3.23. The molecule has 0 saturated heterocycles. The maximum absolute atomic E-state index is 12.7. The Morgan fingerprint density at radius 1 is 1.40 bits per heavy atom. The number of nitrogens with two attached hydrogens (primary N) is 1. The summed E-state index contributed by atoms with van der Waals surface area (Å²) in [6.07, 6.45) is 3.26. The number of aromatic nitrogens is 1. The fourth-order valence-electron chi connectivity index (χ4n) is 2.07. The smallest absolute Gasteiger partial charge is 0.263 e. The summed E-state index contributed by atoms with van der Waals surface area (Å²) in [5.74, 6) is 0. The molecule has 1 saturated carbocycles. The first-order valence-electron chi connectivity index (χ1n) is 6.32. The second-order valence-electron chi connectivity index (χ2n) is 4.81. The van der Waals surface area contributed by atoms with Crippen LogP contribution in [0.2, 0.25) is 0 Å². The van der Waals surface area contributed by atoms with E-state index in [-0.39, 0.29) is 16.8 Å². The van der Waals surface area contributed by atoms with Crippen molar-refractivity contribution >= 4 is 27.0 Å². The zero-order chi connectivity index (χ0) is 14.2. The summed E-state index contributed by atoms with van der Waals surface area (Å²) in [4.78, 5) is 3.96. The molecule has 2 aromatic rings. The predicted molar refractivity (Wildman–Crippen MR) is 78.7 cm³/mol. The molecule has 0 aliphatic heterocycles. The number of nitrogen functional groups attached to an aromatic ring is 1. The quantitative estimate of drug-likeness (QED) is 0.917. The van der Waals surface area contributed by atoms with E-state index in [1.165, 1.54) is 10.5 Å². The minimum absolute atomic E-state index is 0.0397. The molecule has 3 rings (SSSR count). The lowest BCUT2D eigenvalue weighted by atomic mass is 10.3. The first-order valence-corrected chi connectivity index (χ1v) is 8.71. The van der Waals surface area contributed by atoms with Gasteiger partial charge < -0.3 is 5.73 Å². The van der Waals surface area contributed by atoms with Gasteiger partial charge in [-0.3, -0.25) is 0 Å². The van der Waals surface area contributed by atoms with Crippen LogP contribution in [0, 0.1) is 0 Å². The third-order valence-corrected chi connectivity index (χ3v) is 5.83. The summed E-state index contributed by atoms with van der Waals surface area (Å²) >= 11 is 1.56. The molecule has 1 aliphatic rings. The van der Waals surface area contributed by atoms with Gasteiger partial charge >= 0.3 is 0 Å². The van der Waals surface area contributed by atoms with Crippen LogP contribution in [0.3, 0.4) is 0 Å². The summed E-state index contributed by atoms with van der Waals surface area (Å²) in [5, 5.41) is 3.87. The average Bonchev–Trinajstić information content (AvgIpc) is 3.12. The highest BCUT2D eigenvalue weighted by molar-refractivity contribution is 7.89. The molecule has 0 atom stereocenters. The Kier molecular flexibility index (Phi) is 3.49. The van der Waals surface area contributed by atoms with Gasteiger partial charge in [-0.25, -0.2) is 13.4 Å². The number of anilines is 1. The van der Waals surface area contributed by atoms with Gasteiger partial charge in [0, 0.05) is 18.8 Å². The van der Waals surface area contributed by atoms with E-state index in [2.05, 4.69) is 4.98 Å². The number of hydrogen-bond donors (Lipinski definition) is 1. The average molecular weight is 309 g/mol. The van der Waals surface area contributed by atoms with E-state index in [4.69, 9.17) is 5.73 Å². The topological polar surface area (TPSA) is 76.3 Å². The van der Waals surface area contributed by atoms with Gasteiger partial charge in [0.1, 0.15) is 0 Å². The van der Waals surface area contributed by atoms with Crippen LogP contribution in [0.25, 0.3) is 0 Å². The zero-order valence-electron chi connectivity index (χ0n) is 10.8. The lowest BCUT2D eigenvalue weighted by Crippen LogP contribution is -2.33. The van der Waals surface area contributed by atoms with Crippen LogP contribution in [-0.2, 0) is 16.6 Å². The molecule has 0 unspecified atom stereocenters. The summed E-state index contributed by atoms with van der Waals surface area (Å²) in [7, 11) is -3.64. The van der Waals surface area contributed by atoms with E-state index in [1.54, 1.807) is 23.5 Å². The first kappa shape index (κ1) is 13.5. The molecule has 5 nitrogen and oxygen atoms in total. The van der Waals surface area contributed by atoms with Gasteiger partial charge in [0.15, 0.2) is 5.03 Å². The van der Waals surface area contributed by atoms with Crippen LogP contribution >= 0.6 is 11.3 Å². The van der Waals surface area contributed by atoms with Crippen LogP contribution in [0.4, 0.5) is 5.69 Å². The molecule has 0 amide bonds. The standard InChI is InChI=1S/C13H15N3O2S2/c14-12-2-1-6-15-13(12)20(17,18)16(11-3-4-11)8-10-5-7-19-9-10/h1-2,5-7,9,11H,3-4,8,14H2. The van der Waals surface area contributed by atoms with E-state index in [9.17, 15) is 8.42 Å². The van der Waals surface area contributed by atoms with Crippen molar-refractivity contribution in [2.45, 2.75) is 30.5 Å². The van der Waals surface area contributed by atoms with E-state index >= 15 is 0 Å². The molecule has 20 heavy (non-hydrogen) atoms. The van der Waals surface area contributed by atoms with Crippen LogP contribution in [0.5, 0.6) is 0 Å². The minimum atomic E-state index is -3.64.